The fraction of sp³-hybridized carbons (Fsp3) is 0.423. The number of amides is 2. The van der Waals surface area contributed by atoms with Gasteiger partial charge in [-0.1, -0.05) is 6.07 Å². The third-order valence-electron chi connectivity index (χ3n) is 6.62. The number of benzene rings is 1. The molecule has 4 N–H and O–H groups in total. The normalized spacial score (nSPS) is 14.8. The largest absolute Gasteiger partial charge is 0.478 e. The summed E-state index contributed by atoms with van der Waals surface area (Å²) in [6, 6.07) is 9.49. The van der Waals surface area contributed by atoms with Crippen LogP contribution in [0.3, 0.4) is 0 Å². The monoisotopic (exact) mass is 508 g/mol. The number of carbonyl (C=O) groups excluding carboxylic acids is 1. The van der Waals surface area contributed by atoms with Gasteiger partial charge >= 0.3 is 6.09 Å². The number of ether oxygens (including phenoxy) is 2. The zero-order valence-electron chi connectivity index (χ0n) is 21.0. The van der Waals surface area contributed by atoms with E-state index < -0.39 is 12.0 Å². The lowest BCUT2D eigenvalue weighted by Gasteiger charge is -2.29. The van der Waals surface area contributed by atoms with E-state index in [4.69, 9.17) is 20.3 Å². The highest BCUT2D eigenvalue weighted by Crippen LogP contribution is 2.32. The SMILES string of the molecule is CC(Nc1c(C(N)=O)nnc2ccc(-c3ccc(OCCCN(C)C(=O)O)nc3)cc12)C1CCOCC1. The van der Waals surface area contributed by atoms with Crippen LogP contribution in [0.4, 0.5) is 10.5 Å². The summed E-state index contributed by atoms with van der Waals surface area (Å²) in [4.78, 5) is 28.6. The van der Waals surface area contributed by atoms with E-state index in [1.807, 2.05) is 24.3 Å². The minimum Gasteiger partial charge on any atom is -0.478 e. The Morgan fingerprint density at radius 3 is 2.65 bits per heavy atom. The number of rotatable bonds is 10. The predicted octanol–water partition coefficient (Wildman–Crippen LogP) is 3.40. The van der Waals surface area contributed by atoms with Crippen LogP contribution < -0.4 is 15.8 Å². The third kappa shape index (κ3) is 6.42. The predicted molar refractivity (Wildman–Crippen MR) is 139 cm³/mol. The highest BCUT2D eigenvalue weighted by molar-refractivity contribution is 6.05. The molecule has 0 radical (unpaired) electrons. The fourth-order valence-electron chi connectivity index (χ4n) is 4.37. The molecule has 11 nitrogen and oxygen atoms in total. The number of pyridine rings is 1. The van der Waals surface area contributed by atoms with Gasteiger partial charge in [0.25, 0.3) is 5.91 Å². The van der Waals surface area contributed by atoms with Gasteiger partial charge in [-0.3, -0.25) is 4.79 Å². The van der Waals surface area contributed by atoms with Crippen LogP contribution in [0.2, 0.25) is 0 Å². The molecule has 3 heterocycles. The number of nitrogens with one attached hydrogen (secondary N) is 1. The van der Waals surface area contributed by atoms with Crippen molar-refractivity contribution >= 4 is 28.6 Å². The van der Waals surface area contributed by atoms with Crippen molar-refractivity contribution in [3.8, 4) is 17.0 Å². The molecule has 1 saturated heterocycles. The highest BCUT2D eigenvalue weighted by Gasteiger charge is 2.24. The van der Waals surface area contributed by atoms with Crippen molar-refractivity contribution in [3.63, 3.8) is 0 Å². The van der Waals surface area contributed by atoms with E-state index in [2.05, 4.69) is 27.4 Å². The van der Waals surface area contributed by atoms with Gasteiger partial charge in [-0.25, -0.2) is 9.78 Å². The molecule has 1 aliphatic rings. The Morgan fingerprint density at radius 1 is 1.22 bits per heavy atom. The van der Waals surface area contributed by atoms with Crippen LogP contribution in [0, 0.1) is 5.92 Å². The van der Waals surface area contributed by atoms with E-state index in [1.54, 1.807) is 12.3 Å². The number of hydrogen-bond donors (Lipinski definition) is 3. The summed E-state index contributed by atoms with van der Waals surface area (Å²) in [5.74, 6) is 0.221. The van der Waals surface area contributed by atoms with Crippen LogP contribution in [0.1, 0.15) is 36.7 Å². The minimum absolute atomic E-state index is 0.0893. The van der Waals surface area contributed by atoms with E-state index >= 15 is 0 Å². The molecule has 3 aromatic rings. The first-order valence-corrected chi connectivity index (χ1v) is 12.3. The number of carboxylic acid groups (broad SMARTS) is 1. The molecule has 0 saturated carbocycles. The van der Waals surface area contributed by atoms with Crippen molar-refractivity contribution in [1.29, 1.82) is 0 Å². The minimum atomic E-state index is -0.969. The van der Waals surface area contributed by atoms with Crippen LogP contribution in [0.15, 0.2) is 36.5 Å². The van der Waals surface area contributed by atoms with Crippen molar-refractivity contribution in [2.45, 2.75) is 32.2 Å². The van der Waals surface area contributed by atoms with Gasteiger partial charge in [-0.2, -0.15) is 0 Å². The second-order valence-electron chi connectivity index (χ2n) is 9.19. The molecule has 2 amide bonds. The molecule has 196 valence electrons. The van der Waals surface area contributed by atoms with E-state index in [0.29, 0.717) is 42.6 Å². The molecule has 0 spiro atoms. The molecule has 1 atom stereocenters. The summed E-state index contributed by atoms with van der Waals surface area (Å²) >= 11 is 0. The number of fused-ring (bicyclic) bond motifs is 1. The molecule has 1 aromatic carbocycles. The molecule has 0 bridgehead atoms. The summed E-state index contributed by atoms with van der Waals surface area (Å²) in [5, 5.41) is 21.5. The fourth-order valence-corrected chi connectivity index (χ4v) is 4.37. The second-order valence-corrected chi connectivity index (χ2v) is 9.19. The van der Waals surface area contributed by atoms with Gasteiger partial charge in [0.1, 0.15) is 0 Å². The molecular weight excluding hydrogens is 476 g/mol. The van der Waals surface area contributed by atoms with E-state index in [0.717, 1.165) is 42.6 Å². The second kappa shape index (κ2) is 11.8. The Labute approximate surface area is 215 Å². The van der Waals surface area contributed by atoms with E-state index in [1.165, 1.54) is 11.9 Å². The lowest BCUT2D eigenvalue weighted by Crippen LogP contribution is -2.32. The summed E-state index contributed by atoms with van der Waals surface area (Å²) in [6.45, 7) is 4.29. The Hall–Kier alpha value is -3.99. The summed E-state index contributed by atoms with van der Waals surface area (Å²) in [5.41, 5.74) is 8.74. The summed E-state index contributed by atoms with van der Waals surface area (Å²) in [7, 11) is 1.52. The Kier molecular flexibility index (Phi) is 8.34. The number of carbonyl (C=O) groups is 2. The zero-order chi connectivity index (χ0) is 26.4. The van der Waals surface area contributed by atoms with Crippen molar-refractivity contribution in [2.24, 2.45) is 11.7 Å². The van der Waals surface area contributed by atoms with Crippen molar-refractivity contribution in [3.05, 3.63) is 42.2 Å². The van der Waals surface area contributed by atoms with Crippen molar-refractivity contribution in [1.82, 2.24) is 20.1 Å². The maximum atomic E-state index is 12.2. The van der Waals surface area contributed by atoms with Crippen molar-refractivity contribution in [2.75, 3.05) is 38.7 Å². The van der Waals surface area contributed by atoms with Gasteiger partial charge in [0, 0.05) is 56.1 Å². The lowest BCUT2D eigenvalue weighted by atomic mass is 9.92. The number of primary amides is 1. The first-order chi connectivity index (χ1) is 17.8. The first kappa shape index (κ1) is 26.1. The standard InChI is InChI=1S/C26H32N6O5/c1-16(17-8-12-36-13-9-17)29-23-20-14-18(4-6-21(20)30-31-24(23)25(27)33)19-5-7-22(28-15-19)37-11-3-10-32(2)26(34)35/h4-7,14-17H,3,8-13H2,1-2H3,(H2,27,33)(H,29,30)(H,34,35). The third-order valence-corrected chi connectivity index (χ3v) is 6.62. The zero-order valence-corrected chi connectivity index (χ0v) is 21.0. The van der Waals surface area contributed by atoms with Gasteiger partial charge in [-0.15, -0.1) is 10.2 Å². The number of hydrogen-bond acceptors (Lipinski definition) is 8. The average molecular weight is 509 g/mol. The molecule has 0 aliphatic carbocycles. The molecule has 11 heteroatoms. The molecule has 37 heavy (non-hydrogen) atoms. The lowest BCUT2D eigenvalue weighted by molar-refractivity contribution is 0.0622. The topological polar surface area (TPSA) is 153 Å². The van der Waals surface area contributed by atoms with Crippen LogP contribution in [0.5, 0.6) is 5.88 Å². The van der Waals surface area contributed by atoms with Crippen molar-refractivity contribution < 1.29 is 24.2 Å². The quantitative estimate of drug-likeness (QED) is 0.350. The van der Waals surface area contributed by atoms with Crippen LogP contribution >= 0.6 is 0 Å². The van der Waals surface area contributed by atoms with Crippen LogP contribution in [-0.2, 0) is 4.74 Å². The molecule has 1 aliphatic heterocycles. The molecule has 2 aromatic heterocycles. The van der Waals surface area contributed by atoms with Crippen LogP contribution in [0.25, 0.3) is 22.0 Å². The average Bonchev–Trinajstić information content (AvgIpc) is 2.91. The maximum Gasteiger partial charge on any atom is 0.407 e. The summed E-state index contributed by atoms with van der Waals surface area (Å²) in [6.07, 6.45) is 3.18. The Bertz CT molecular complexity index is 1250. The van der Waals surface area contributed by atoms with Crippen LogP contribution in [-0.4, -0.2) is 76.6 Å². The molecule has 1 unspecified atom stereocenters. The number of nitrogens with two attached hydrogens (primary N) is 1. The van der Waals surface area contributed by atoms with Gasteiger partial charge in [-0.05, 0) is 55.9 Å². The number of nitrogens with zero attached hydrogens (tertiary/aromatic N) is 4. The number of anilines is 1. The molecular formula is C26H32N6O5. The summed E-state index contributed by atoms with van der Waals surface area (Å²) < 4.78 is 11.1. The van der Waals surface area contributed by atoms with Gasteiger partial charge in [0.05, 0.1) is 17.8 Å². The Morgan fingerprint density at radius 2 is 1.97 bits per heavy atom. The van der Waals surface area contributed by atoms with E-state index in [9.17, 15) is 9.59 Å². The smallest absolute Gasteiger partial charge is 0.407 e. The first-order valence-electron chi connectivity index (χ1n) is 12.3. The molecule has 4 rings (SSSR count). The number of aromatic nitrogens is 3. The molecule has 1 fully saturated rings. The van der Waals surface area contributed by atoms with Gasteiger partial charge in [0.15, 0.2) is 5.69 Å². The highest BCUT2D eigenvalue weighted by atomic mass is 16.5. The van der Waals surface area contributed by atoms with E-state index in [-0.39, 0.29) is 11.7 Å². The Balaban J connectivity index is 1.54. The van der Waals surface area contributed by atoms with Gasteiger partial charge in [0.2, 0.25) is 5.88 Å². The maximum absolute atomic E-state index is 12.2. The van der Waals surface area contributed by atoms with Gasteiger partial charge < -0.3 is 30.5 Å².